The standard InChI is InChI=1S/C28H26N4O5/c1-18-23(31-27(37-18)20-5-3-2-4-6-20)11-14-36-25-9-7-19(8-10-26(33)34)21-16-32(17-22(21)25)28(35)24-15-29-12-13-30-24/h2-7,9,12-13,15H,8,10-11,14,16-17H2,1H3,(H,33,34). The predicted octanol–water partition coefficient (Wildman–Crippen LogP) is 4.23. The van der Waals surface area contributed by atoms with Gasteiger partial charge in [-0.1, -0.05) is 24.3 Å². The number of aliphatic carboxylic acids is 1. The number of aryl methyl sites for hydroxylation is 2. The molecule has 1 aliphatic rings. The summed E-state index contributed by atoms with van der Waals surface area (Å²) < 4.78 is 12.0. The van der Waals surface area contributed by atoms with Crippen LogP contribution in [0.4, 0.5) is 0 Å². The summed E-state index contributed by atoms with van der Waals surface area (Å²) in [6.07, 6.45) is 5.40. The van der Waals surface area contributed by atoms with Crippen molar-refractivity contribution in [3.8, 4) is 17.2 Å². The summed E-state index contributed by atoms with van der Waals surface area (Å²) in [5.41, 5.74) is 4.73. The molecule has 3 heterocycles. The van der Waals surface area contributed by atoms with Gasteiger partial charge in [0.05, 0.1) is 25.0 Å². The van der Waals surface area contributed by atoms with Crippen LogP contribution in [0.3, 0.4) is 0 Å². The van der Waals surface area contributed by atoms with Crippen molar-refractivity contribution in [2.24, 2.45) is 0 Å². The first-order valence-corrected chi connectivity index (χ1v) is 12.0. The van der Waals surface area contributed by atoms with E-state index >= 15 is 0 Å². The quantitative estimate of drug-likeness (QED) is 0.364. The van der Waals surface area contributed by atoms with Crippen molar-refractivity contribution in [3.63, 3.8) is 0 Å². The number of carboxylic acid groups (broad SMARTS) is 1. The van der Waals surface area contributed by atoms with Gasteiger partial charge >= 0.3 is 5.97 Å². The smallest absolute Gasteiger partial charge is 0.303 e. The summed E-state index contributed by atoms with van der Waals surface area (Å²) in [5, 5.41) is 9.17. The number of amides is 1. The molecule has 0 unspecified atom stereocenters. The van der Waals surface area contributed by atoms with Crippen LogP contribution in [-0.4, -0.2) is 43.4 Å². The van der Waals surface area contributed by atoms with Gasteiger partial charge in [0, 0.05) is 42.9 Å². The number of oxazole rings is 1. The zero-order valence-corrected chi connectivity index (χ0v) is 20.4. The van der Waals surface area contributed by atoms with Crippen molar-refractivity contribution in [2.45, 2.75) is 39.3 Å². The molecule has 9 nitrogen and oxygen atoms in total. The Balaban J connectivity index is 1.32. The number of hydrogen-bond donors (Lipinski definition) is 1. The third kappa shape index (κ3) is 5.35. The van der Waals surface area contributed by atoms with Crippen LogP contribution in [0.5, 0.6) is 5.75 Å². The molecule has 2 aromatic heterocycles. The minimum atomic E-state index is -0.864. The zero-order chi connectivity index (χ0) is 25.8. The Bertz CT molecular complexity index is 1420. The summed E-state index contributed by atoms with van der Waals surface area (Å²) in [6.45, 7) is 2.97. The number of carbonyl (C=O) groups excluding carboxylic acids is 1. The fourth-order valence-electron chi connectivity index (χ4n) is 4.48. The topological polar surface area (TPSA) is 119 Å². The van der Waals surface area contributed by atoms with Crippen LogP contribution in [0.2, 0.25) is 0 Å². The Morgan fingerprint density at radius 2 is 1.86 bits per heavy atom. The molecule has 0 saturated carbocycles. The van der Waals surface area contributed by atoms with Crippen LogP contribution in [0.15, 0.2) is 65.5 Å². The molecule has 0 atom stereocenters. The number of ether oxygens (including phenoxy) is 1. The number of carbonyl (C=O) groups is 2. The van der Waals surface area contributed by atoms with Crippen LogP contribution < -0.4 is 4.74 Å². The van der Waals surface area contributed by atoms with E-state index in [1.807, 2.05) is 49.4 Å². The average Bonchev–Trinajstić information content (AvgIpc) is 3.53. The van der Waals surface area contributed by atoms with E-state index in [4.69, 9.17) is 9.15 Å². The molecule has 0 spiro atoms. The fraction of sp³-hybridized carbons (Fsp3) is 0.250. The zero-order valence-electron chi connectivity index (χ0n) is 20.4. The van der Waals surface area contributed by atoms with Gasteiger partial charge in [-0.3, -0.25) is 14.6 Å². The Hall–Kier alpha value is -4.53. The molecule has 1 N–H and O–H groups in total. The first kappa shape index (κ1) is 24.2. The van der Waals surface area contributed by atoms with Gasteiger partial charge in [-0.15, -0.1) is 0 Å². The predicted molar refractivity (Wildman–Crippen MR) is 134 cm³/mol. The normalized spacial score (nSPS) is 12.4. The summed E-state index contributed by atoms with van der Waals surface area (Å²) in [5.74, 6) is 0.906. The molecule has 188 valence electrons. The molecule has 9 heteroatoms. The number of hydrogen-bond acceptors (Lipinski definition) is 7. The van der Waals surface area contributed by atoms with Gasteiger partial charge in [-0.05, 0) is 42.7 Å². The Morgan fingerprint density at radius 1 is 1.05 bits per heavy atom. The number of nitrogens with zero attached hydrogens (tertiary/aromatic N) is 4. The first-order valence-electron chi connectivity index (χ1n) is 12.0. The van der Waals surface area contributed by atoms with E-state index in [9.17, 15) is 14.7 Å². The highest BCUT2D eigenvalue weighted by Crippen LogP contribution is 2.35. The summed E-state index contributed by atoms with van der Waals surface area (Å²) in [6, 6.07) is 13.5. The van der Waals surface area contributed by atoms with Gasteiger partial charge in [0.25, 0.3) is 5.91 Å². The SMILES string of the molecule is Cc1oc(-c2ccccc2)nc1CCOc1ccc(CCC(=O)O)c2c1CN(C(=O)c1cnccn1)C2. The third-order valence-corrected chi connectivity index (χ3v) is 6.37. The van der Waals surface area contributed by atoms with Crippen molar-refractivity contribution < 1.29 is 23.8 Å². The first-order chi connectivity index (χ1) is 18.0. The molecule has 1 amide bonds. The summed E-state index contributed by atoms with van der Waals surface area (Å²) in [7, 11) is 0. The number of aromatic nitrogens is 3. The number of fused-ring (bicyclic) bond motifs is 1. The maximum Gasteiger partial charge on any atom is 0.303 e. The van der Waals surface area contributed by atoms with Crippen molar-refractivity contribution in [3.05, 3.63) is 94.9 Å². The monoisotopic (exact) mass is 498 g/mol. The van der Waals surface area contributed by atoms with Gasteiger partial charge < -0.3 is 19.2 Å². The highest BCUT2D eigenvalue weighted by Gasteiger charge is 2.30. The van der Waals surface area contributed by atoms with Crippen LogP contribution >= 0.6 is 0 Å². The minimum Gasteiger partial charge on any atom is -0.493 e. The van der Waals surface area contributed by atoms with E-state index in [2.05, 4.69) is 15.0 Å². The van der Waals surface area contributed by atoms with E-state index in [0.717, 1.165) is 33.7 Å². The van der Waals surface area contributed by atoms with Gasteiger partial charge in [-0.2, -0.15) is 0 Å². The van der Waals surface area contributed by atoms with Crippen LogP contribution in [0, 0.1) is 6.92 Å². The Morgan fingerprint density at radius 3 is 2.62 bits per heavy atom. The van der Waals surface area contributed by atoms with Crippen molar-refractivity contribution >= 4 is 11.9 Å². The fourth-order valence-corrected chi connectivity index (χ4v) is 4.48. The second kappa shape index (κ2) is 10.6. The van der Waals surface area contributed by atoms with Gasteiger partial charge in [-0.25, -0.2) is 9.97 Å². The number of benzene rings is 2. The van der Waals surface area contributed by atoms with Crippen LogP contribution in [0.25, 0.3) is 11.5 Å². The molecule has 0 aliphatic carbocycles. The lowest BCUT2D eigenvalue weighted by Crippen LogP contribution is -2.26. The third-order valence-electron chi connectivity index (χ3n) is 6.37. The lowest BCUT2D eigenvalue weighted by Gasteiger charge is -2.14. The Labute approximate surface area is 213 Å². The second-order valence-corrected chi connectivity index (χ2v) is 8.81. The maximum atomic E-state index is 13.0. The van der Waals surface area contributed by atoms with Gasteiger partial charge in [0.1, 0.15) is 17.2 Å². The molecule has 4 aromatic rings. The minimum absolute atomic E-state index is 0.0138. The lowest BCUT2D eigenvalue weighted by atomic mass is 9.99. The van der Waals surface area contributed by atoms with Crippen molar-refractivity contribution in [1.82, 2.24) is 19.9 Å². The van der Waals surface area contributed by atoms with Crippen LogP contribution in [-0.2, 0) is 30.7 Å². The largest absolute Gasteiger partial charge is 0.493 e. The molecular weight excluding hydrogens is 472 g/mol. The molecule has 5 rings (SSSR count). The second-order valence-electron chi connectivity index (χ2n) is 8.81. The van der Waals surface area contributed by atoms with E-state index in [0.29, 0.717) is 44.2 Å². The average molecular weight is 499 g/mol. The van der Waals surface area contributed by atoms with E-state index in [1.54, 1.807) is 4.90 Å². The maximum absolute atomic E-state index is 13.0. The molecule has 1 aliphatic heterocycles. The van der Waals surface area contributed by atoms with Crippen molar-refractivity contribution in [2.75, 3.05) is 6.61 Å². The molecule has 0 bridgehead atoms. The molecule has 0 radical (unpaired) electrons. The lowest BCUT2D eigenvalue weighted by molar-refractivity contribution is -0.136. The Kier molecular flexibility index (Phi) is 6.93. The number of carboxylic acids is 1. The van der Waals surface area contributed by atoms with Crippen LogP contribution in [0.1, 0.15) is 45.1 Å². The molecular formula is C28H26N4O5. The van der Waals surface area contributed by atoms with Gasteiger partial charge in [0.2, 0.25) is 5.89 Å². The molecule has 0 saturated heterocycles. The van der Waals surface area contributed by atoms with E-state index < -0.39 is 5.97 Å². The summed E-state index contributed by atoms with van der Waals surface area (Å²) in [4.78, 5) is 38.6. The highest BCUT2D eigenvalue weighted by molar-refractivity contribution is 5.92. The van der Waals surface area contributed by atoms with Gasteiger partial charge in [0.15, 0.2) is 0 Å². The molecule has 0 fully saturated rings. The van der Waals surface area contributed by atoms with E-state index in [-0.39, 0.29) is 18.0 Å². The summed E-state index contributed by atoms with van der Waals surface area (Å²) >= 11 is 0. The number of rotatable bonds is 9. The van der Waals surface area contributed by atoms with Crippen molar-refractivity contribution in [1.29, 1.82) is 0 Å². The molecule has 2 aromatic carbocycles. The highest BCUT2D eigenvalue weighted by atomic mass is 16.5. The molecule has 37 heavy (non-hydrogen) atoms. The van der Waals surface area contributed by atoms with E-state index in [1.165, 1.54) is 18.6 Å².